The van der Waals surface area contributed by atoms with Crippen LogP contribution >= 0.6 is 0 Å². The number of primary amides is 1. The summed E-state index contributed by atoms with van der Waals surface area (Å²) in [4.78, 5) is 10.7. The third-order valence-electron chi connectivity index (χ3n) is 5.59. The zero-order valence-corrected chi connectivity index (χ0v) is 17.5. The Labute approximate surface area is 182 Å². The smallest absolute Gasteiger partial charge is 0.404 e. The normalized spacial score (nSPS) is 18.6. The minimum atomic E-state index is -0.793. The quantitative estimate of drug-likeness (QED) is 0.539. The maximum absolute atomic E-state index is 10.7. The predicted molar refractivity (Wildman–Crippen MR) is 120 cm³/mol. The monoisotopic (exact) mass is 420 g/mol. The molecule has 1 aliphatic rings. The maximum Gasteiger partial charge on any atom is 0.404 e. The molecule has 0 aromatic heterocycles. The van der Waals surface area contributed by atoms with Crippen LogP contribution in [-0.4, -0.2) is 38.5 Å². The molecule has 1 amide bonds. The number of fused-ring (bicyclic) bond motifs is 1. The van der Waals surface area contributed by atoms with Gasteiger partial charge in [-0.05, 0) is 53.1 Å². The van der Waals surface area contributed by atoms with Crippen LogP contribution in [0.2, 0.25) is 0 Å². The van der Waals surface area contributed by atoms with Crippen molar-refractivity contribution in [3.05, 3.63) is 77.9 Å². The van der Waals surface area contributed by atoms with E-state index in [9.17, 15) is 4.79 Å². The Hall–Kier alpha value is -3.09. The lowest BCUT2D eigenvalue weighted by Gasteiger charge is -2.32. The Balaban J connectivity index is 1.39. The van der Waals surface area contributed by atoms with E-state index < -0.39 is 6.09 Å². The van der Waals surface area contributed by atoms with Gasteiger partial charge in [-0.2, -0.15) is 0 Å². The summed E-state index contributed by atoms with van der Waals surface area (Å²) in [5, 5.41) is 5.92. The summed E-state index contributed by atoms with van der Waals surface area (Å²) in [5.74, 6) is 1.03. The molecule has 0 radical (unpaired) electrons. The lowest BCUT2D eigenvalue weighted by Crippen LogP contribution is -2.41. The van der Waals surface area contributed by atoms with Crippen molar-refractivity contribution in [1.82, 2.24) is 5.32 Å². The van der Waals surface area contributed by atoms with Gasteiger partial charge in [0.1, 0.15) is 19.0 Å². The van der Waals surface area contributed by atoms with Crippen molar-refractivity contribution < 1.29 is 19.0 Å². The Morgan fingerprint density at radius 3 is 2.74 bits per heavy atom. The minimum Gasteiger partial charge on any atom is -0.490 e. The molecule has 6 nitrogen and oxygen atoms in total. The van der Waals surface area contributed by atoms with Crippen LogP contribution < -0.4 is 15.8 Å². The van der Waals surface area contributed by atoms with Crippen molar-refractivity contribution in [3.63, 3.8) is 0 Å². The number of rotatable bonds is 8. The van der Waals surface area contributed by atoms with E-state index in [2.05, 4.69) is 53.8 Å². The van der Waals surface area contributed by atoms with E-state index in [0.717, 1.165) is 25.3 Å². The fourth-order valence-electron chi connectivity index (χ4n) is 4.06. The van der Waals surface area contributed by atoms with Gasteiger partial charge in [0, 0.05) is 12.5 Å². The molecule has 0 saturated carbocycles. The molecule has 31 heavy (non-hydrogen) atoms. The molecule has 3 aromatic carbocycles. The van der Waals surface area contributed by atoms with Gasteiger partial charge in [0.15, 0.2) is 0 Å². The van der Waals surface area contributed by atoms with Crippen molar-refractivity contribution in [2.24, 2.45) is 5.73 Å². The van der Waals surface area contributed by atoms with Crippen molar-refractivity contribution in [3.8, 4) is 5.75 Å². The first-order chi connectivity index (χ1) is 15.2. The first-order valence-electron chi connectivity index (χ1n) is 10.6. The van der Waals surface area contributed by atoms with Crippen LogP contribution in [0.25, 0.3) is 10.8 Å². The maximum atomic E-state index is 10.7. The number of nitrogens with one attached hydrogen (secondary N) is 1. The molecule has 162 valence electrons. The average Bonchev–Trinajstić information content (AvgIpc) is 2.81. The third-order valence-corrected chi connectivity index (χ3v) is 5.59. The van der Waals surface area contributed by atoms with Crippen molar-refractivity contribution in [2.75, 3.05) is 26.3 Å². The number of piperidine rings is 1. The zero-order valence-electron chi connectivity index (χ0n) is 17.5. The fourth-order valence-corrected chi connectivity index (χ4v) is 4.06. The second-order valence-electron chi connectivity index (χ2n) is 7.72. The topological polar surface area (TPSA) is 82.8 Å². The predicted octanol–water partition coefficient (Wildman–Crippen LogP) is 3.98. The molecular formula is C25H28N2O4. The highest BCUT2D eigenvalue weighted by Gasteiger charge is 2.27. The molecule has 6 heteroatoms. The fraction of sp³-hybridized carbons (Fsp3) is 0.320. The summed E-state index contributed by atoms with van der Waals surface area (Å²) in [6, 6.07) is 22.9. The van der Waals surface area contributed by atoms with Crippen LogP contribution in [0.15, 0.2) is 66.7 Å². The van der Waals surface area contributed by atoms with E-state index in [-0.39, 0.29) is 25.2 Å². The zero-order chi connectivity index (χ0) is 21.5. The Kier molecular flexibility index (Phi) is 7.02. The molecule has 0 spiro atoms. The molecule has 1 saturated heterocycles. The van der Waals surface area contributed by atoms with E-state index >= 15 is 0 Å². The molecule has 2 atom stereocenters. The summed E-state index contributed by atoms with van der Waals surface area (Å²) < 4.78 is 16.8. The number of carbonyl (C=O) groups excluding carboxylic acids is 1. The van der Waals surface area contributed by atoms with Gasteiger partial charge in [0.2, 0.25) is 0 Å². The van der Waals surface area contributed by atoms with Gasteiger partial charge in [0.05, 0.1) is 12.7 Å². The molecule has 0 aliphatic carbocycles. The largest absolute Gasteiger partial charge is 0.490 e. The molecule has 3 aromatic rings. The number of hydrogen-bond acceptors (Lipinski definition) is 5. The lowest BCUT2D eigenvalue weighted by molar-refractivity contribution is 0.0106. The van der Waals surface area contributed by atoms with Crippen LogP contribution in [0.1, 0.15) is 23.5 Å². The van der Waals surface area contributed by atoms with Crippen LogP contribution in [-0.2, 0) is 16.1 Å². The summed E-state index contributed by atoms with van der Waals surface area (Å²) in [6.07, 6.45) is 0.281. The molecule has 2 unspecified atom stereocenters. The van der Waals surface area contributed by atoms with E-state index in [4.69, 9.17) is 19.9 Å². The van der Waals surface area contributed by atoms with E-state index in [0.29, 0.717) is 6.61 Å². The molecule has 1 heterocycles. The SMILES string of the molecule is NC(=O)OCCOc1cccc(C2CCNCC2OCc2ccc3ccccc3c2)c1. The molecule has 1 aliphatic heterocycles. The number of ether oxygens (including phenoxy) is 3. The third kappa shape index (κ3) is 5.75. The Bertz CT molecular complexity index is 1020. The van der Waals surface area contributed by atoms with Crippen molar-refractivity contribution in [2.45, 2.75) is 25.0 Å². The minimum absolute atomic E-state index is 0.0775. The highest BCUT2D eigenvalue weighted by Crippen LogP contribution is 2.30. The van der Waals surface area contributed by atoms with Gasteiger partial charge in [-0.1, -0.05) is 48.5 Å². The Morgan fingerprint density at radius 2 is 1.87 bits per heavy atom. The van der Waals surface area contributed by atoms with Crippen molar-refractivity contribution >= 4 is 16.9 Å². The van der Waals surface area contributed by atoms with Gasteiger partial charge in [-0.25, -0.2) is 4.79 Å². The molecular weight excluding hydrogens is 392 g/mol. The van der Waals surface area contributed by atoms with Crippen LogP contribution in [0, 0.1) is 0 Å². The van der Waals surface area contributed by atoms with Crippen LogP contribution in [0.5, 0.6) is 5.75 Å². The molecule has 3 N–H and O–H groups in total. The standard InChI is InChI=1S/C25H28N2O4/c26-25(28)30-13-12-29-22-7-3-6-21(15-22)23-10-11-27-16-24(23)31-17-18-8-9-19-4-1-2-5-20(19)14-18/h1-9,14-15,23-24,27H,10-13,16-17H2,(H2,26,28). The number of nitrogens with two attached hydrogens (primary N) is 1. The first-order valence-corrected chi connectivity index (χ1v) is 10.6. The van der Waals surface area contributed by atoms with E-state index in [1.54, 1.807) is 0 Å². The number of benzene rings is 3. The molecule has 0 bridgehead atoms. The van der Waals surface area contributed by atoms with Gasteiger partial charge in [-0.15, -0.1) is 0 Å². The second kappa shape index (κ2) is 10.3. The average molecular weight is 421 g/mol. The van der Waals surface area contributed by atoms with Gasteiger partial charge in [-0.3, -0.25) is 0 Å². The molecule has 4 rings (SSSR count). The second-order valence-corrected chi connectivity index (χ2v) is 7.72. The van der Waals surface area contributed by atoms with E-state index in [1.807, 2.05) is 18.2 Å². The summed E-state index contributed by atoms with van der Waals surface area (Å²) >= 11 is 0. The summed E-state index contributed by atoms with van der Waals surface area (Å²) in [7, 11) is 0. The highest BCUT2D eigenvalue weighted by molar-refractivity contribution is 5.82. The Morgan fingerprint density at radius 1 is 1.00 bits per heavy atom. The van der Waals surface area contributed by atoms with E-state index in [1.165, 1.54) is 21.9 Å². The van der Waals surface area contributed by atoms with Crippen LogP contribution in [0.4, 0.5) is 4.79 Å². The van der Waals surface area contributed by atoms with Gasteiger partial charge < -0.3 is 25.3 Å². The summed E-state index contributed by atoms with van der Waals surface area (Å²) in [6.45, 7) is 2.74. The summed E-state index contributed by atoms with van der Waals surface area (Å²) in [5.41, 5.74) is 7.34. The first kappa shape index (κ1) is 21.2. The van der Waals surface area contributed by atoms with Crippen molar-refractivity contribution in [1.29, 1.82) is 0 Å². The van der Waals surface area contributed by atoms with Crippen LogP contribution in [0.3, 0.4) is 0 Å². The molecule has 1 fully saturated rings. The lowest BCUT2D eigenvalue weighted by atomic mass is 9.87. The number of carbonyl (C=O) groups is 1. The number of amides is 1. The van der Waals surface area contributed by atoms with Gasteiger partial charge >= 0.3 is 6.09 Å². The highest BCUT2D eigenvalue weighted by atomic mass is 16.6. The number of hydrogen-bond donors (Lipinski definition) is 2. The van der Waals surface area contributed by atoms with Gasteiger partial charge in [0.25, 0.3) is 0 Å².